The zero-order chi connectivity index (χ0) is 22.7. The molecule has 168 valence electrons. The molecule has 6 nitrogen and oxygen atoms in total. The van der Waals surface area contributed by atoms with Gasteiger partial charge in [-0.05, 0) is 74.2 Å². The summed E-state index contributed by atoms with van der Waals surface area (Å²) in [5, 5.41) is 2.13. The van der Waals surface area contributed by atoms with Crippen LogP contribution in [-0.4, -0.2) is 25.4 Å². The first kappa shape index (κ1) is 20.3. The van der Waals surface area contributed by atoms with Crippen LogP contribution in [0.15, 0.2) is 65.6 Å². The highest BCUT2D eigenvalue weighted by atomic mass is 32.2. The third-order valence-electron chi connectivity index (χ3n) is 6.79. The average Bonchev–Trinajstić information content (AvgIpc) is 3.51. The van der Waals surface area contributed by atoms with Crippen molar-refractivity contribution in [1.82, 2.24) is 4.57 Å². The van der Waals surface area contributed by atoms with Crippen LogP contribution < -0.4 is 9.62 Å². The topological polar surface area (TPSA) is 71.4 Å². The van der Waals surface area contributed by atoms with Gasteiger partial charge in [0.15, 0.2) is 0 Å². The summed E-state index contributed by atoms with van der Waals surface area (Å²) < 4.78 is 31.4. The maximum atomic E-state index is 13.2. The van der Waals surface area contributed by atoms with Gasteiger partial charge in [0.2, 0.25) is 5.91 Å². The molecule has 0 saturated heterocycles. The van der Waals surface area contributed by atoms with E-state index in [-0.39, 0.29) is 16.7 Å². The van der Waals surface area contributed by atoms with Gasteiger partial charge in [-0.3, -0.25) is 9.52 Å². The standard InChI is InChI=1S/C26H25N3O3S/c1-2-28-24-6-4-3-5-21(24)22-16-19(9-11-25(22)28)27-33(31,32)20-10-12-23-18(15-20)13-14-29(23)26(30)17-7-8-17/h3-6,9-12,15-17,27H,2,7-8,13-14H2,1H3. The molecule has 2 aliphatic rings. The lowest BCUT2D eigenvalue weighted by atomic mass is 10.1. The highest BCUT2D eigenvalue weighted by Crippen LogP contribution is 2.37. The number of benzene rings is 3. The van der Waals surface area contributed by atoms with E-state index < -0.39 is 10.0 Å². The summed E-state index contributed by atoms with van der Waals surface area (Å²) in [5.74, 6) is 0.316. The lowest BCUT2D eigenvalue weighted by molar-refractivity contribution is -0.119. The number of rotatable bonds is 5. The van der Waals surface area contributed by atoms with Crippen molar-refractivity contribution in [2.75, 3.05) is 16.2 Å². The molecule has 0 unspecified atom stereocenters. The number of nitrogens with one attached hydrogen (secondary N) is 1. The number of fused-ring (bicyclic) bond motifs is 4. The minimum atomic E-state index is -3.76. The molecule has 1 amide bonds. The van der Waals surface area contributed by atoms with Crippen LogP contribution in [0.25, 0.3) is 21.8 Å². The van der Waals surface area contributed by atoms with E-state index in [0.717, 1.165) is 52.4 Å². The van der Waals surface area contributed by atoms with Gasteiger partial charge in [-0.1, -0.05) is 18.2 Å². The first-order chi connectivity index (χ1) is 16.0. The Kier molecular flexibility index (Phi) is 4.52. The lowest BCUT2D eigenvalue weighted by Gasteiger charge is -2.17. The summed E-state index contributed by atoms with van der Waals surface area (Å²) >= 11 is 0. The van der Waals surface area contributed by atoms with E-state index in [1.807, 2.05) is 35.2 Å². The summed E-state index contributed by atoms with van der Waals surface area (Å²) in [4.78, 5) is 14.5. The molecule has 1 aromatic heterocycles. The summed E-state index contributed by atoms with van der Waals surface area (Å²) in [5.41, 5.74) is 4.51. The molecule has 1 N–H and O–H groups in total. The normalized spacial score (nSPS) is 15.8. The number of aromatic nitrogens is 1. The fourth-order valence-electron chi connectivity index (χ4n) is 5.00. The van der Waals surface area contributed by atoms with E-state index in [0.29, 0.717) is 18.7 Å². The van der Waals surface area contributed by atoms with Crippen LogP contribution in [0, 0.1) is 5.92 Å². The molecule has 7 heteroatoms. The van der Waals surface area contributed by atoms with E-state index in [4.69, 9.17) is 0 Å². The summed E-state index contributed by atoms with van der Waals surface area (Å²) in [6.07, 6.45) is 2.60. The molecule has 0 radical (unpaired) electrons. The maximum Gasteiger partial charge on any atom is 0.261 e. The smallest absolute Gasteiger partial charge is 0.261 e. The zero-order valence-electron chi connectivity index (χ0n) is 18.4. The minimum Gasteiger partial charge on any atom is -0.341 e. The van der Waals surface area contributed by atoms with Crippen LogP contribution in [0.5, 0.6) is 0 Å². The van der Waals surface area contributed by atoms with Gasteiger partial charge in [0.25, 0.3) is 10.0 Å². The molecule has 1 saturated carbocycles. The number of aryl methyl sites for hydroxylation is 1. The molecule has 2 heterocycles. The highest BCUT2D eigenvalue weighted by molar-refractivity contribution is 7.92. The van der Waals surface area contributed by atoms with Crippen LogP contribution in [-0.2, 0) is 27.8 Å². The van der Waals surface area contributed by atoms with Gasteiger partial charge in [-0.15, -0.1) is 0 Å². The van der Waals surface area contributed by atoms with Crippen LogP contribution in [0.3, 0.4) is 0 Å². The first-order valence-electron chi connectivity index (χ1n) is 11.4. The minimum absolute atomic E-state index is 0.148. The second-order valence-corrected chi connectivity index (χ2v) is 10.6. The van der Waals surface area contributed by atoms with Crippen LogP contribution in [0.2, 0.25) is 0 Å². The van der Waals surface area contributed by atoms with Crippen molar-refractivity contribution < 1.29 is 13.2 Å². The van der Waals surface area contributed by atoms with E-state index in [9.17, 15) is 13.2 Å². The Balaban J connectivity index is 1.33. The Hall–Kier alpha value is -3.32. The second kappa shape index (κ2) is 7.35. The predicted octanol–water partition coefficient (Wildman–Crippen LogP) is 4.91. The maximum absolute atomic E-state index is 13.2. The van der Waals surface area contributed by atoms with Crippen molar-refractivity contribution >= 4 is 49.1 Å². The van der Waals surface area contributed by atoms with Crippen molar-refractivity contribution in [2.24, 2.45) is 5.92 Å². The Morgan fingerprint density at radius 1 is 1.00 bits per heavy atom. The molecule has 0 atom stereocenters. The number of hydrogen-bond acceptors (Lipinski definition) is 3. The molecule has 1 aliphatic heterocycles. The number of amides is 1. The fourth-order valence-corrected chi connectivity index (χ4v) is 6.10. The quantitative estimate of drug-likeness (QED) is 0.461. The molecule has 1 fully saturated rings. The molecule has 3 aromatic carbocycles. The number of hydrogen-bond donors (Lipinski definition) is 1. The van der Waals surface area contributed by atoms with E-state index in [1.165, 1.54) is 0 Å². The molecule has 33 heavy (non-hydrogen) atoms. The SMILES string of the molecule is CCn1c2ccccc2c2cc(NS(=O)(=O)c3ccc4c(c3)CCN4C(=O)C3CC3)ccc21. The number of nitrogens with zero attached hydrogens (tertiary/aromatic N) is 2. The lowest BCUT2D eigenvalue weighted by Crippen LogP contribution is -2.30. The third-order valence-corrected chi connectivity index (χ3v) is 8.17. The van der Waals surface area contributed by atoms with E-state index in [2.05, 4.69) is 28.3 Å². The van der Waals surface area contributed by atoms with Gasteiger partial charge in [0.1, 0.15) is 0 Å². The van der Waals surface area contributed by atoms with Gasteiger partial charge in [-0.2, -0.15) is 0 Å². The van der Waals surface area contributed by atoms with Crippen LogP contribution in [0.4, 0.5) is 11.4 Å². The van der Waals surface area contributed by atoms with Crippen molar-refractivity contribution in [3.8, 4) is 0 Å². The fraction of sp³-hybridized carbons (Fsp3) is 0.269. The zero-order valence-corrected chi connectivity index (χ0v) is 19.2. The molecule has 0 spiro atoms. The number of anilines is 2. The predicted molar refractivity (Wildman–Crippen MR) is 131 cm³/mol. The van der Waals surface area contributed by atoms with Gasteiger partial charge < -0.3 is 9.47 Å². The van der Waals surface area contributed by atoms with Crippen molar-refractivity contribution in [1.29, 1.82) is 0 Å². The molecule has 0 bridgehead atoms. The van der Waals surface area contributed by atoms with Gasteiger partial charge >= 0.3 is 0 Å². The number of carbonyl (C=O) groups is 1. The first-order valence-corrected chi connectivity index (χ1v) is 12.9. The second-order valence-electron chi connectivity index (χ2n) is 8.90. The highest BCUT2D eigenvalue weighted by Gasteiger charge is 2.36. The van der Waals surface area contributed by atoms with Crippen LogP contribution >= 0.6 is 0 Å². The molecule has 1 aliphatic carbocycles. The number of sulfonamides is 1. The van der Waals surface area contributed by atoms with Crippen molar-refractivity contribution in [2.45, 2.75) is 37.6 Å². The van der Waals surface area contributed by atoms with E-state index >= 15 is 0 Å². The number of carbonyl (C=O) groups excluding carboxylic acids is 1. The Morgan fingerprint density at radius 3 is 2.58 bits per heavy atom. The summed E-state index contributed by atoms with van der Waals surface area (Å²) in [6.45, 7) is 3.57. The molecular weight excluding hydrogens is 434 g/mol. The third kappa shape index (κ3) is 3.30. The summed E-state index contributed by atoms with van der Waals surface area (Å²) in [7, 11) is -3.76. The van der Waals surface area contributed by atoms with Gasteiger partial charge in [0, 0.05) is 52.2 Å². The largest absolute Gasteiger partial charge is 0.341 e. The number of para-hydroxylation sites is 1. The average molecular weight is 460 g/mol. The Labute approximate surface area is 192 Å². The Morgan fingerprint density at radius 2 is 1.79 bits per heavy atom. The molecule has 6 rings (SSSR count). The Bertz CT molecular complexity index is 1530. The van der Waals surface area contributed by atoms with Gasteiger partial charge in [-0.25, -0.2) is 8.42 Å². The van der Waals surface area contributed by atoms with Crippen molar-refractivity contribution in [3.05, 3.63) is 66.2 Å². The van der Waals surface area contributed by atoms with Crippen LogP contribution in [0.1, 0.15) is 25.3 Å². The van der Waals surface area contributed by atoms with Crippen molar-refractivity contribution in [3.63, 3.8) is 0 Å². The van der Waals surface area contributed by atoms with Gasteiger partial charge in [0.05, 0.1) is 4.90 Å². The molecule has 4 aromatic rings. The van der Waals surface area contributed by atoms with E-state index in [1.54, 1.807) is 18.2 Å². The monoisotopic (exact) mass is 459 g/mol. The summed E-state index contributed by atoms with van der Waals surface area (Å²) in [6, 6.07) is 18.9. The molecular formula is C26H25N3O3S.